The third kappa shape index (κ3) is 6.47. The summed E-state index contributed by atoms with van der Waals surface area (Å²) in [6.45, 7) is 9.93. The summed E-state index contributed by atoms with van der Waals surface area (Å²) in [6, 6.07) is 6.27. The summed E-state index contributed by atoms with van der Waals surface area (Å²) in [5.41, 5.74) is 2.34. The Morgan fingerprint density at radius 1 is 1.20 bits per heavy atom. The largest absolute Gasteiger partial charge is 0.494 e. The summed E-state index contributed by atoms with van der Waals surface area (Å²) in [6.07, 6.45) is 1.75. The third-order valence-corrected chi connectivity index (χ3v) is 5.67. The lowest BCUT2D eigenvalue weighted by atomic mass is 9.95. The first-order valence-electron chi connectivity index (χ1n) is 10.7. The predicted molar refractivity (Wildman–Crippen MR) is 130 cm³/mol. The molecule has 0 aliphatic carbocycles. The summed E-state index contributed by atoms with van der Waals surface area (Å²) in [5, 5.41) is 3.46. The smallest absolute Gasteiger partial charge is 0.225 e. The fourth-order valence-electron chi connectivity index (χ4n) is 4.03. The molecule has 0 bridgehead atoms. The summed E-state index contributed by atoms with van der Waals surface area (Å²) in [7, 11) is 1.82. The fourth-order valence-corrected chi connectivity index (χ4v) is 4.03. The first-order chi connectivity index (χ1) is 14.1. The third-order valence-electron chi connectivity index (χ3n) is 5.67. The van der Waals surface area contributed by atoms with Crippen LogP contribution >= 0.6 is 24.0 Å². The second-order valence-corrected chi connectivity index (χ2v) is 7.63. The number of halogens is 1. The van der Waals surface area contributed by atoms with E-state index in [0.29, 0.717) is 32.3 Å². The number of hydrogen-bond donors (Lipinski definition) is 1. The van der Waals surface area contributed by atoms with E-state index in [1.807, 2.05) is 24.9 Å². The van der Waals surface area contributed by atoms with E-state index >= 15 is 0 Å². The van der Waals surface area contributed by atoms with E-state index < -0.39 is 0 Å². The lowest BCUT2D eigenvalue weighted by Crippen LogP contribution is -2.49. The van der Waals surface area contributed by atoms with Crippen LogP contribution in [-0.4, -0.2) is 74.7 Å². The van der Waals surface area contributed by atoms with Crippen LogP contribution < -0.4 is 10.1 Å². The number of nitrogens with zero attached hydrogens (tertiary/aromatic N) is 3. The number of nitrogens with one attached hydrogen (secondary N) is 1. The number of rotatable bonds is 5. The second kappa shape index (κ2) is 12.3. The molecule has 1 amide bonds. The number of ether oxygens (including phenoxy) is 2. The number of amides is 1. The highest BCUT2D eigenvalue weighted by atomic mass is 127. The SMILES string of the molecule is CCOc1ccc(CNC(=NC)N2CCC(C(=O)N3CCOCC3)CC2)cc1C.I. The van der Waals surface area contributed by atoms with Gasteiger partial charge in [-0.15, -0.1) is 24.0 Å². The average molecular weight is 530 g/mol. The van der Waals surface area contributed by atoms with Crippen molar-refractivity contribution in [3.63, 3.8) is 0 Å². The molecule has 0 spiro atoms. The first kappa shape index (κ1) is 24.7. The van der Waals surface area contributed by atoms with E-state index in [4.69, 9.17) is 9.47 Å². The van der Waals surface area contributed by atoms with Gasteiger partial charge in [-0.2, -0.15) is 0 Å². The molecule has 2 aliphatic rings. The van der Waals surface area contributed by atoms with Crippen molar-refractivity contribution in [2.45, 2.75) is 33.2 Å². The van der Waals surface area contributed by atoms with Crippen molar-refractivity contribution >= 4 is 35.8 Å². The minimum atomic E-state index is 0. The van der Waals surface area contributed by atoms with Gasteiger partial charge in [-0.1, -0.05) is 12.1 Å². The van der Waals surface area contributed by atoms with Crippen LogP contribution in [0, 0.1) is 12.8 Å². The molecule has 0 radical (unpaired) electrons. The van der Waals surface area contributed by atoms with Crippen LogP contribution in [0.25, 0.3) is 0 Å². The van der Waals surface area contributed by atoms with Crippen LogP contribution in [0.1, 0.15) is 30.9 Å². The van der Waals surface area contributed by atoms with Crippen LogP contribution in [0.2, 0.25) is 0 Å². The topological polar surface area (TPSA) is 66.4 Å². The molecule has 1 N–H and O–H groups in total. The zero-order valence-corrected chi connectivity index (χ0v) is 20.7. The number of benzene rings is 1. The van der Waals surface area contributed by atoms with Gasteiger partial charge in [0, 0.05) is 45.7 Å². The minimum Gasteiger partial charge on any atom is -0.494 e. The van der Waals surface area contributed by atoms with Crippen LogP contribution in [-0.2, 0) is 16.1 Å². The van der Waals surface area contributed by atoms with E-state index in [1.54, 1.807) is 0 Å². The maximum Gasteiger partial charge on any atom is 0.225 e. The Morgan fingerprint density at radius 2 is 1.90 bits per heavy atom. The quantitative estimate of drug-likeness (QED) is 0.361. The highest BCUT2D eigenvalue weighted by Crippen LogP contribution is 2.21. The van der Waals surface area contributed by atoms with Crippen LogP contribution in [0.4, 0.5) is 0 Å². The van der Waals surface area contributed by atoms with Gasteiger partial charge in [0.1, 0.15) is 5.75 Å². The predicted octanol–water partition coefficient (Wildman–Crippen LogP) is 2.66. The van der Waals surface area contributed by atoms with Gasteiger partial charge < -0.3 is 24.6 Å². The van der Waals surface area contributed by atoms with Crippen molar-refractivity contribution < 1.29 is 14.3 Å². The molecule has 0 atom stereocenters. The van der Waals surface area contributed by atoms with Crippen molar-refractivity contribution in [1.29, 1.82) is 0 Å². The van der Waals surface area contributed by atoms with Crippen molar-refractivity contribution in [3.8, 4) is 5.75 Å². The average Bonchev–Trinajstić information content (AvgIpc) is 2.76. The van der Waals surface area contributed by atoms with Crippen molar-refractivity contribution in [1.82, 2.24) is 15.1 Å². The van der Waals surface area contributed by atoms with Gasteiger partial charge in [0.2, 0.25) is 5.91 Å². The molecule has 2 saturated heterocycles. The summed E-state index contributed by atoms with van der Waals surface area (Å²) >= 11 is 0. The normalized spacial score (nSPS) is 18.0. The number of piperidine rings is 1. The number of carbonyl (C=O) groups excluding carboxylic acids is 1. The van der Waals surface area contributed by atoms with E-state index in [9.17, 15) is 4.79 Å². The Kier molecular flexibility index (Phi) is 10.2. The zero-order chi connectivity index (χ0) is 20.6. The lowest BCUT2D eigenvalue weighted by molar-refractivity contribution is -0.140. The van der Waals surface area contributed by atoms with E-state index in [0.717, 1.165) is 56.3 Å². The summed E-state index contributed by atoms with van der Waals surface area (Å²) in [5.74, 6) is 2.25. The summed E-state index contributed by atoms with van der Waals surface area (Å²) < 4.78 is 11.0. The maximum atomic E-state index is 12.7. The maximum absolute atomic E-state index is 12.7. The van der Waals surface area contributed by atoms with Crippen LogP contribution in [0.15, 0.2) is 23.2 Å². The number of carbonyl (C=O) groups is 1. The molecule has 1 aromatic rings. The molecular formula is C22H35IN4O3. The molecule has 0 aromatic heterocycles. The number of aliphatic imine (C=N–C) groups is 1. The molecule has 3 rings (SSSR count). The van der Waals surface area contributed by atoms with Crippen LogP contribution in [0.5, 0.6) is 5.75 Å². The van der Waals surface area contributed by atoms with Gasteiger partial charge >= 0.3 is 0 Å². The molecule has 2 heterocycles. The van der Waals surface area contributed by atoms with Crippen molar-refractivity contribution in [2.24, 2.45) is 10.9 Å². The Labute approximate surface area is 197 Å². The van der Waals surface area contributed by atoms with E-state index in [1.165, 1.54) is 5.56 Å². The molecule has 2 fully saturated rings. The van der Waals surface area contributed by atoms with E-state index in [2.05, 4.69) is 34.3 Å². The van der Waals surface area contributed by atoms with Gasteiger partial charge in [0.05, 0.1) is 19.8 Å². The molecule has 0 unspecified atom stereocenters. The highest BCUT2D eigenvalue weighted by Gasteiger charge is 2.30. The molecule has 0 saturated carbocycles. The van der Waals surface area contributed by atoms with E-state index in [-0.39, 0.29) is 29.9 Å². The van der Waals surface area contributed by atoms with Gasteiger partial charge in [0.15, 0.2) is 5.96 Å². The van der Waals surface area contributed by atoms with Crippen molar-refractivity contribution in [2.75, 3.05) is 53.0 Å². The molecular weight excluding hydrogens is 495 g/mol. The van der Waals surface area contributed by atoms with Gasteiger partial charge in [-0.25, -0.2) is 0 Å². The molecule has 2 aliphatic heterocycles. The molecule has 7 nitrogen and oxygen atoms in total. The Hall–Kier alpha value is -1.55. The second-order valence-electron chi connectivity index (χ2n) is 7.63. The molecule has 30 heavy (non-hydrogen) atoms. The number of aryl methyl sites for hydroxylation is 1. The number of guanidine groups is 1. The Morgan fingerprint density at radius 3 is 2.50 bits per heavy atom. The molecule has 8 heteroatoms. The Balaban J connectivity index is 0.00000320. The first-order valence-corrected chi connectivity index (χ1v) is 10.7. The highest BCUT2D eigenvalue weighted by molar-refractivity contribution is 14.0. The number of morpholine rings is 1. The molecule has 1 aromatic carbocycles. The number of likely N-dealkylation sites (tertiary alicyclic amines) is 1. The minimum absolute atomic E-state index is 0. The number of hydrogen-bond acceptors (Lipinski definition) is 4. The Bertz CT molecular complexity index is 714. The summed E-state index contributed by atoms with van der Waals surface area (Å²) in [4.78, 5) is 21.4. The van der Waals surface area contributed by atoms with Gasteiger partial charge in [0.25, 0.3) is 0 Å². The zero-order valence-electron chi connectivity index (χ0n) is 18.4. The van der Waals surface area contributed by atoms with Gasteiger partial charge in [-0.05, 0) is 43.9 Å². The molecule has 168 valence electrons. The lowest BCUT2D eigenvalue weighted by Gasteiger charge is -2.36. The van der Waals surface area contributed by atoms with Gasteiger partial charge in [-0.3, -0.25) is 9.79 Å². The standard InChI is InChI=1S/C22H34N4O3.HI/c1-4-29-20-6-5-18(15-17(20)2)16-24-22(23-3)26-9-7-19(8-10-26)21(27)25-11-13-28-14-12-25;/h5-6,15,19H,4,7-14,16H2,1-3H3,(H,23,24);1H. The monoisotopic (exact) mass is 530 g/mol. The van der Waals surface area contributed by atoms with Crippen molar-refractivity contribution in [3.05, 3.63) is 29.3 Å². The fraction of sp³-hybridized carbons (Fsp3) is 0.636. The van der Waals surface area contributed by atoms with Crippen LogP contribution in [0.3, 0.4) is 0 Å².